The molecule has 0 saturated carbocycles. The average Bonchev–Trinajstić information content (AvgIpc) is 2.48. The van der Waals surface area contributed by atoms with Crippen molar-refractivity contribution < 1.29 is 13.9 Å². The fourth-order valence-corrected chi connectivity index (χ4v) is 2.21. The van der Waals surface area contributed by atoms with Gasteiger partial charge in [0.15, 0.2) is 11.6 Å². The van der Waals surface area contributed by atoms with E-state index in [9.17, 15) is 4.39 Å². The van der Waals surface area contributed by atoms with Crippen molar-refractivity contribution >= 4 is 5.69 Å². The van der Waals surface area contributed by atoms with Crippen molar-refractivity contribution in [2.24, 2.45) is 0 Å². The maximum atomic E-state index is 13.7. The lowest BCUT2D eigenvalue weighted by Crippen LogP contribution is -2.09. The summed E-state index contributed by atoms with van der Waals surface area (Å²) < 4.78 is 24.3. The maximum Gasteiger partial charge on any atom is 0.167 e. The largest absolute Gasteiger partial charge is 0.494 e. The molecule has 112 valence electrons. The first kappa shape index (κ1) is 15.2. The van der Waals surface area contributed by atoms with Crippen molar-refractivity contribution in [1.29, 1.82) is 0 Å². The highest BCUT2D eigenvalue weighted by Crippen LogP contribution is 2.29. The summed E-state index contributed by atoms with van der Waals surface area (Å²) in [5.41, 5.74) is 1.74. The van der Waals surface area contributed by atoms with Crippen LogP contribution < -0.4 is 14.8 Å². The Kier molecular flexibility index (Phi) is 5.04. The van der Waals surface area contributed by atoms with E-state index in [4.69, 9.17) is 9.47 Å². The Morgan fingerprint density at radius 2 is 1.90 bits per heavy atom. The molecule has 4 heteroatoms. The summed E-state index contributed by atoms with van der Waals surface area (Å²) in [4.78, 5) is 0. The fraction of sp³-hybridized carbons (Fsp3) is 0.294. The van der Waals surface area contributed by atoms with Crippen LogP contribution in [-0.4, -0.2) is 13.7 Å². The van der Waals surface area contributed by atoms with Crippen molar-refractivity contribution in [3.8, 4) is 11.5 Å². The van der Waals surface area contributed by atoms with E-state index in [1.54, 1.807) is 12.1 Å². The Balaban J connectivity index is 2.18. The van der Waals surface area contributed by atoms with Crippen LogP contribution in [0, 0.1) is 5.82 Å². The van der Waals surface area contributed by atoms with E-state index >= 15 is 0 Å². The highest BCUT2D eigenvalue weighted by atomic mass is 19.1. The molecule has 2 rings (SSSR count). The molecule has 0 aliphatic carbocycles. The molecule has 2 aromatic rings. The van der Waals surface area contributed by atoms with Gasteiger partial charge in [-0.2, -0.15) is 0 Å². The summed E-state index contributed by atoms with van der Waals surface area (Å²) in [5.74, 6) is 0.699. The summed E-state index contributed by atoms with van der Waals surface area (Å²) >= 11 is 0. The lowest BCUT2D eigenvalue weighted by Gasteiger charge is -2.19. The molecule has 1 unspecified atom stereocenters. The zero-order valence-corrected chi connectivity index (χ0v) is 12.5. The number of halogens is 1. The summed E-state index contributed by atoms with van der Waals surface area (Å²) in [6.45, 7) is 4.58. The number of anilines is 1. The minimum absolute atomic E-state index is 0.000505. The number of nitrogens with one attached hydrogen (secondary N) is 1. The third-order valence-corrected chi connectivity index (χ3v) is 3.22. The molecule has 1 N–H and O–H groups in total. The van der Waals surface area contributed by atoms with Gasteiger partial charge in [-0.05, 0) is 32.0 Å². The molecule has 3 nitrogen and oxygen atoms in total. The molecular formula is C17H20FNO2. The molecule has 0 aliphatic rings. The van der Waals surface area contributed by atoms with E-state index < -0.39 is 0 Å². The Labute approximate surface area is 124 Å². The highest BCUT2D eigenvalue weighted by Gasteiger charge is 2.12. The number of hydrogen-bond donors (Lipinski definition) is 1. The van der Waals surface area contributed by atoms with E-state index in [2.05, 4.69) is 5.32 Å². The molecule has 0 spiro atoms. The SMILES string of the molecule is CCOc1ccccc1C(C)Nc1ccc(OC)c(F)c1. The van der Waals surface area contributed by atoms with E-state index in [1.165, 1.54) is 13.2 Å². The molecule has 21 heavy (non-hydrogen) atoms. The van der Waals surface area contributed by atoms with Gasteiger partial charge in [-0.3, -0.25) is 0 Å². The third kappa shape index (κ3) is 3.66. The molecular weight excluding hydrogens is 269 g/mol. The average molecular weight is 289 g/mol. The molecule has 0 radical (unpaired) electrons. The van der Waals surface area contributed by atoms with Gasteiger partial charge in [0.25, 0.3) is 0 Å². The minimum Gasteiger partial charge on any atom is -0.494 e. The molecule has 0 aliphatic heterocycles. The smallest absolute Gasteiger partial charge is 0.167 e. The third-order valence-electron chi connectivity index (χ3n) is 3.22. The predicted molar refractivity (Wildman–Crippen MR) is 82.6 cm³/mol. The number of methoxy groups -OCH3 is 1. The van der Waals surface area contributed by atoms with Gasteiger partial charge in [0.1, 0.15) is 5.75 Å². The van der Waals surface area contributed by atoms with E-state index in [-0.39, 0.29) is 17.6 Å². The van der Waals surface area contributed by atoms with Gasteiger partial charge in [0, 0.05) is 17.3 Å². The van der Waals surface area contributed by atoms with E-state index in [1.807, 2.05) is 38.1 Å². The molecule has 0 amide bonds. The van der Waals surface area contributed by atoms with Gasteiger partial charge in [0.2, 0.25) is 0 Å². The predicted octanol–water partition coefficient (Wildman–Crippen LogP) is 4.41. The summed E-state index contributed by atoms with van der Waals surface area (Å²) in [7, 11) is 1.45. The van der Waals surface area contributed by atoms with E-state index in [0.29, 0.717) is 12.3 Å². The Morgan fingerprint density at radius 1 is 1.14 bits per heavy atom. The second-order valence-corrected chi connectivity index (χ2v) is 4.69. The first-order valence-electron chi connectivity index (χ1n) is 6.97. The number of ether oxygens (including phenoxy) is 2. The van der Waals surface area contributed by atoms with Crippen LogP contribution in [0.25, 0.3) is 0 Å². The molecule has 1 atom stereocenters. The summed E-state index contributed by atoms with van der Waals surface area (Å²) in [6.07, 6.45) is 0. The number of benzene rings is 2. The zero-order chi connectivity index (χ0) is 15.2. The van der Waals surface area contributed by atoms with Gasteiger partial charge < -0.3 is 14.8 Å². The number of hydrogen-bond acceptors (Lipinski definition) is 3. The van der Waals surface area contributed by atoms with Gasteiger partial charge in [0.05, 0.1) is 19.8 Å². The second kappa shape index (κ2) is 6.97. The summed E-state index contributed by atoms with van der Waals surface area (Å²) in [6, 6.07) is 12.7. The topological polar surface area (TPSA) is 30.5 Å². The Morgan fingerprint density at radius 3 is 2.57 bits per heavy atom. The molecule has 0 fully saturated rings. The van der Waals surface area contributed by atoms with Crippen molar-refractivity contribution in [3.63, 3.8) is 0 Å². The highest BCUT2D eigenvalue weighted by molar-refractivity contribution is 5.50. The molecule has 2 aromatic carbocycles. The quantitative estimate of drug-likeness (QED) is 0.854. The molecule has 0 heterocycles. The van der Waals surface area contributed by atoms with Gasteiger partial charge in [-0.15, -0.1) is 0 Å². The number of rotatable bonds is 6. The number of para-hydroxylation sites is 1. The van der Waals surface area contributed by atoms with Crippen LogP contribution in [0.5, 0.6) is 11.5 Å². The second-order valence-electron chi connectivity index (χ2n) is 4.69. The van der Waals surface area contributed by atoms with Gasteiger partial charge in [-0.25, -0.2) is 4.39 Å². The normalized spacial score (nSPS) is 11.8. The monoisotopic (exact) mass is 289 g/mol. The molecule has 0 saturated heterocycles. The van der Waals surface area contributed by atoms with Crippen molar-refractivity contribution in [3.05, 3.63) is 53.8 Å². The van der Waals surface area contributed by atoms with Crippen LogP contribution in [0.4, 0.5) is 10.1 Å². The van der Waals surface area contributed by atoms with Crippen LogP contribution in [0.1, 0.15) is 25.5 Å². The van der Waals surface area contributed by atoms with Crippen molar-refractivity contribution in [2.75, 3.05) is 19.0 Å². The Bertz CT molecular complexity index is 601. The Hall–Kier alpha value is -2.23. The first-order valence-corrected chi connectivity index (χ1v) is 6.97. The molecule has 0 aromatic heterocycles. The van der Waals surface area contributed by atoms with Crippen LogP contribution in [0.3, 0.4) is 0 Å². The first-order chi connectivity index (χ1) is 10.2. The lowest BCUT2D eigenvalue weighted by molar-refractivity contribution is 0.335. The zero-order valence-electron chi connectivity index (χ0n) is 12.5. The summed E-state index contributed by atoms with van der Waals surface area (Å²) in [5, 5.41) is 3.27. The van der Waals surface area contributed by atoms with Crippen LogP contribution >= 0.6 is 0 Å². The lowest BCUT2D eigenvalue weighted by atomic mass is 10.1. The van der Waals surface area contributed by atoms with E-state index in [0.717, 1.165) is 11.3 Å². The van der Waals surface area contributed by atoms with Gasteiger partial charge in [-0.1, -0.05) is 18.2 Å². The van der Waals surface area contributed by atoms with Crippen LogP contribution in [0.2, 0.25) is 0 Å². The minimum atomic E-state index is -0.382. The molecule has 0 bridgehead atoms. The van der Waals surface area contributed by atoms with Crippen molar-refractivity contribution in [1.82, 2.24) is 0 Å². The van der Waals surface area contributed by atoms with Crippen LogP contribution in [-0.2, 0) is 0 Å². The van der Waals surface area contributed by atoms with Gasteiger partial charge >= 0.3 is 0 Å². The fourth-order valence-electron chi connectivity index (χ4n) is 2.21. The van der Waals surface area contributed by atoms with Crippen molar-refractivity contribution in [2.45, 2.75) is 19.9 Å². The maximum absolute atomic E-state index is 13.7. The standard InChI is InChI=1S/C17H20FNO2/c1-4-21-16-8-6-5-7-14(16)12(2)19-13-9-10-17(20-3)15(18)11-13/h5-12,19H,4H2,1-3H3. The van der Waals surface area contributed by atoms with Crippen LogP contribution in [0.15, 0.2) is 42.5 Å².